The van der Waals surface area contributed by atoms with E-state index >= 15 is 0 Å². The van der Waals surface area contributed by atoms with Gasteiger partial charge >= 0.3 is 30.0 Å². The molecule has 0 amide bonds. The number of hydrogen-bond acceptors (Lipinski definition) is 3. The Balaban J connectivity index is 3.24. The second-order valence-electron chi connectivity index (χ2n) is 4.62. The highest BCUT2D eigenvalue weighted by atomic mass is 19.4. The van der Waals surface area contributed by atoms with E-state index in [0.717, 1.165) is 12.1 Å². The lowest BCUT2D eigenvalue weighted by Gasteiger charge is -2.30. The second kappa shape index (κ2) is 6.96. The van der Waals surface area contributed by atoms with Crippen LogP contribution in [0, 0.1) is 0 Å². The average Bonchev–Trinajstić information content (AvgIpc) is 2.50. The van der Waals surface area contributed by atoms with Crippen LogP contribution < -0.4 is 0 Å². The van der Waals surface area contributed by atoms with Crippen molar-refractivity contribution in [3.8, 4) is 0 Å². The fourth-order valence-corrected chi connectivity index (χ4v) is 1.46. The molecule has 0 aliphatic rings. The van der Waals surface area contributed by atoms with E-state index < -0.39 is 35.6 Å². The van der Waals surface area contributed by atoms with Crippen molar-refractivity contribution in [2.75, 3.05) is 0 Å². The zero-order valence-corrected chi connectivity index (χ0v) is 12.1. The number of aliphatic carboxylic acids is 1. The normalized spacial score (nSPS) is 14.7. The molecular weight excluding hydrogens is 387 g/mol. The summed E-state index contributed by atoms with van der Waals surface area (Å²) in [6, 6.07) is 0.104. The summed E-state index contributed by atoms with van der Waals surface area (Å²) in [6.07, 6.45) is -6.98. The summed E-state index contributed by atoms with van der Waals surface area (Å²) >= 11 is 0. The monoisotopic (exact) mass is 394 g/mol. The maximum absolute atomic E-state index is 13.1. The van der Waals surface area contributed by atoms with Crippen LogP contribution >= 0.6 is 0 Å². The van der Waals surface area contributed by atoms with Crippen LogP contribution in [0.1, 0.15) is 5.56 Å². The first kappa shape index (κ1) is 21.4. The van der Waals surface area contributed by atoms with Crippen LogP contribution in [-0.2, 0) is 4.79 Å². The van der Waals surface area contributed by atoms with Crippen LogP contribution in [0.2, 0.25) is 0 Å². The highest BCUT2D eigenvalue weighted by Crippen LogP contribution is 2.53. The first-order valence-corrected chi connectivity index (χ1v) is 6.26. The molecule has 0 heterocycles. The summed E-state index contributed by atoms with van der Waals surface area (Å²) in [7, 11) is 0. The molecule has 0 unspecified atom stereocenters. The van der Waals surface area contributed by atoms with Crippen molar-refractivity contribution in [1.82, 2.24) is 0 Å². The zero-order chi connectivity index (χ0) is 20.4. The number of azo groups is 1. The van der Waals surface area contributed by atoms with E-state index in [1.54, 1.807) is 0 Å². The maximum atomic E-state index is 13.1. The van der Waals surface area contributed by atoms with Gasteiger partial charge in [0.05, 0.1) is 11.8 Å². The molecule has 4 nitrogen and oxygen atoms in total. The SMILES string of the molecule is O=C(O)C(=CN=NC(F)(F)C(F)(F)C(F)(F)C(F)(F)F)c1ccccc1. The van der Waals surface area contributed by atoms with Gasteiger partial charge in [0.1, 0.15) is 0 Å². The highest BCUT2D eigenvalue weighted by molar-refractivity contribution is 6.15. The molecule has 1 N–H and O–H groups in total. The van der Waals surface area contributed by atoms with Gasteiger partial charge < -0.3 is 5.11 Å². The number of nitrogens with zero attached hydrogens (tertiary/aromatic N) is 2. The fourth-order valence-electron chi connectivity index (χ4n) is 1.46. The molecule has 144 valence electrons. The predicted octanol–water partition coefficient (Wildman–Crippen LogP) is 4.99. The quantitative estimate of drug-likeness (QED) is 0.320. The number of benzene rings is 1. The number of rotatable bonds is 6. The molecule has 1 aromatic rings. The van der Waals surface area contributed by atoms with Crippen molar-refractivity contribution < 1.29 is 49.4 Å². The van der Waals surface area contributed by atoms with Crippen molar-refractivity contribution in [3.05, 3.63) is 42.1 Å². The molecule has 0 saturated heterocycles. The Morgan fingerprint density at radius 2 is 1.38 bits per heavy atom. The van der Waals surface area contributed by atoms with Crippen LogP contribution in [0.15, 0.2) is 46.8 Å². The molecule has 0 radical (unpaired) electrons. The van der Waals surface area contributed by atoms with Gasteiger partial charge in [-0.2, -0.15) is 44.6 Å². The number of carbonyl (C=O) groups is 1. The Bertz CT molecular complexity index is 712. The summed E-state index contributed by atoms with van der Waals surface area (Å²) in [6.45, 7) is 0. The first-order valence-electron chi connectivity index (χ1n) is 6.26. The van der Waals surface area contributed by atoms with Crippen LogP contribution in [0.4, 0.5) is 39.5 Å². The predicted molar refractivity (Wildman–Crippen MR) is 67.8 cm³/mol. The summed E-state index contributed by atoms with van der Waals surface area (Å²) in [5.74, 6) is -15.8. The summed E-state index contributed by atoms with van der Waals surface area (Å²) in [5.41, 5.74) is -0.995. The van der Waals surface area contributed by atoms with Crippen molar-refractivity contribution >= 4 is 11.5 Å². The number of carboxylic acids is 1. The van der Waals surface area contributed by atoms with Gasteiger partial charge in [0, 0.05) is 0 Å². The van der Waals surface area contributed by atoms with E-state index in [0.29, 0.717) is 0 Å². The molecule has 0 bridgehead atoms. The van der Waals surface area contributed by atoms with Gasteiger partial charge in [0.15, 0.2) is 0 Å². The maximum Gasteiger partial charge on any atom is 0.460 e. The second-order valence-corrected chi connectivity index (χ2v) is 4.62. The molecule has 0 aliphatic carbocycles. The minimum atomic E-state index is -7.11. The Labute approximate surface area is 138 Å². The average molecular weight is 394 g/mol. The van der Waals surface area contributed by atoms with E-state index in [1.807, 2.05) is 0 Å². The Morgan fingerprint density at radius 1 is 0.885 bits per heavy atom. The lowest BCUT2D eigenvalue weighted by Crippen LogP contribution is -2.60. The number of carboxylic acid groups (broad SMARTS) is 1. The van der Waals surface area contributed by atoms with Crippen molar-refractivity contribution in [2.24, 2.45) is 10.2 Å². The third kappa shape index (κ3) is 3.96. The standard InChI is InChI=1S/C13H7F9N2O2/c14-10(15,12(18,19)20)11(16,17)13(21,22)24-23-6-8(9(25)26)7-4-2-1-3-5-7/h1-6H,(H,25,26). The molecule has 26 heavy (non-hydrogen) atoms. The van der Waals surface area contributed by atoms with Gasteiger partial charge in [-0.25, -0.2) is 4.79 Å². The molecule has 1 aromatic carbocycles. The van der Waals surface area contributed by atoms with Crippen molar-refractivity contribution in [3.63, 3.8) is 0 Å². The number of alkyl halides is 9. The molecule has 0 spiro atoms. The molecule has 13 heteroatoms. The van der Waals surface area contributed by atoms with Gasteiger partial charge in [0.25, 0.3) is 0 Å². The zero-order valence-electron chi connectivity index (χ0n) is 12.1. The Hall–Kier alpha value is -2.60. The van der Waals surface area contributed by atoms with Crippen LogP contribution in [0.5, 0.6) is 0 Å². The fraction of sp³-hybridized carbons (Fsp3) is 0.308. The van der Waals surface area contributed by atoms with E-state index in [2.05, 4.69) is 5.11 Å². The first-order chi connectivity index (χ1) is 11.6. The molecule has 1 rings (SSSR count). The topological polar surface area (TPSA) is 62.0 Å². The van der Waals surface area contributed by atoms with E-state index in [1.165, 1.54) is 23.3 Å². The van der Waals surface area contributed by atoms with Gasteiger partial charge in [0.2, 0.25) is 0 Å². The van der Waals surface area contributed by atoms with E-state index in [-0.39, 0.29) is 11.8 Å². The third-order valence-corrected chi connectivity index (χ3v) is 2.81. The minimum Gasteiger partial charge on any atom is -0.478 e. The molecule has 0 atom stereocenters. The highest BCUT2D eigenvalue weighted by Gasteiger charge is 2.82. The number of halogens is 9. The largest absolute Gasteiger partial charge is 0.478 e. The lowest BCUT2D eigenvalue weighted by molar-refractivity contribution is -0.395. The number of hydrogen-bond donors (Lipinski definition) is 1. The third-order valence-electron chi connectivity index (χ3n) is 2.81. The van der Waals surface area contributed by atoms with Crippen LogP contribution in [0.25, 0.3) is 5.57 Å². The molecule has 0 fully saturated rings. The lowest BCUT2D eigenvalue weighted by atomic mass is 10.1. The summed E-state index contributed by atoms with van der Waals surface area (Å²) in [5, 5.41) is 12.6. The Morgan fingerprint density at radius 3 is 1.81 bits per heavy atom. The Kier molecular flexibility index (Phi) is 5.74. The molecule has 0 saturated carbocycles. The van der Waals surface area contributed by atoms with E-state index in [4.69, 9.17) is 5.11 Å². The van der Waals surface area contributed by atoms with E-state index in [9.17, 15) is 44.3 Å². The summed E-state index contributed by atoms with van der Waals surface area (Å²) in [4.78, 5) is 11.0. The summed E-state index contributed by atoms with van der Waals surface area (Å²) < 4.78 is 113. The van der Waals surface area contributed by atoms with Crippen molar-refractivity contribution in [1.29, 1.82) is 0 Å². The van der Waals surface area contributed by atoms with Crippen molar-refractivity contribution in [2.45, 2.75) is 24.1 Å². The van der Waals surface area contributed by atoms with Crippen LogP contribution in [0.3, 0.4) is 0 Å². The van der Waals surface area contributed by atoms with Gasteiger partial charge in [-0.1, -0.05) is 30.3 Å². The molecule has 0 aromatic heterocycles. The van der Waals surface area contributed by atoms with Gasteiger partial charge in [-0.05, 0) is 5.56 Å². The molecule has 0 aliphatic heterocycles. The smallest absolute Gasteiger partial charge is 0.460 e. The van der Waals surface area contributed by atoms with Gasteiger partial charge in [-0.3, -0.25) is 0 Å². The molecular formula is C13H7F9N2O2. The minimum absolute atomic E-state index is 0.00733. The van der Waals surface area contributed by atoms with Crippen LogP contribution in [-0.4, -0.2) is 35.1 Å². The van der Waals surface area contributed by atoms with Gasteiger partial charge in [-0.15, -0.1) is 5.11 Å².